The number of hydrogen-bond donors (Lipinski definition) is 0. The number of carbonyl (C=O) groups is 2. The monoisotopic (exact) mass is 1320 g/mol. The third kappa shape index (κ3) is 77.6. The molecule has 538 valence electrons. The van der Waals surface area contributed by atoms with Gasteiger partial charge in [0, 0.05) is 12.8 Å². The van der Waals surface area contributed by atoms with Crippen molar-refractivity contribution >= 4 is 19.8 Å². The maximum atomic E-state index is 12.9. The molecule has 0 aliphatic rings. The molecule has 0 aliphatic carbocycles. The Kier molecular flexibility index (Phi) is 70.3. The zero-order valence-electron chi connectivity index (χ0n) is 61.4. The Hall–Kier alpha value is -3.33. The average Bonchev–Trinajstić information content (AvgIpc) is 2.01. The SMILES string of the molecule is CC/C=C\C/C=C\C/C=C\C/C=C\C/C=C\C/C=C\C/C=C\C/C=C\C/C=C\CCCCCCCCCCCCCC(=O)OC(COC(=O)CCCCCCCCCCCCCCCCCCCCCCCCCCCCCCCC)COP(=O)([O-])OCC[N+](C)(C)C. The van der Waals surface area contributed by atoms with Gasteiger partial charge >= 0.3 is 11.9 Å². The molecule has 0 fully saturated rings. The van der Waals surface area contributed by atoms with Crippen LogP contribution in [0.5, 0.6) is 0 Å². The fraction of sp³-hybridized carbons (Fsp3) is 0.759. The fourth-order valence-electron chi connectivity index (χ4n) is 11.1. The number of esters is 2. The van der Waals surface area contributed by atoms with E-state index in [1.165, 1.54) is 218 Å². The normalized spacial score (nSPS) is 13.7. The van der Waals surface area contributed by atoms with Gasteiger partial charge in [-0.15, -0.1) is 0 Å². The molecule has 0 bridgehead atoms. The van der Waals surface area contributed by atoms with Crippen molar-refractivity contribution in [3.05, 3.63) is 109 Å². The molecule has 9 nitrogen and oxygen atoms in total. The van der Waals surface area contributed by atoms with Crippen LogP contribution in [0.25, 0.3) is 0 Å². The summed E-state index contributed by atoms with van der Waals surface area (Å²) >= 11 is 0. The molecule has 10 heteroatoms. The van der Waals surface area contributed by atoms with E-state index in [4.69, 9.17) is 18.5 Å². The average molecular weight is 1320 g/mol. The molecule has 0 saturated carbocycles. The van der Waals surface area contributed by atoms with Crippen LogP contribution >= 0.6 is 7.82 Å². The lowest BCUT2D eigenvalue weighted by atomic mass is 10.0. The van der Waals surface area contributed by atoms with Crippen LogP contribution in [0.15, 0.2) is 109 Å². The van der Waals surface area contributed by atoms with E-state index >= 15 is 0 Å². The van der Waals surface area contributed by atoms with E-state index in [1.54, 1.807) is 0 Å². The van der Waals surface area contributed by atoms with Gasteiger partial charge < -0.3 is 27.9 Å². The third-order valence-corrected chi connectivity index (χ3v) is 18.0. The lowest BCUT2D eigenvalue weighted by molar-refractivity contribution is -0.870. The molecule has 0 radical (unpaired) electrons. The molecule has 0 aliphatic heterocycles. The molecular weight excluding hydrogens is 1170 g/mol. The molecule has 0 aromatic rings. The number of quaternary nitrogens is 1. The van der Waals surface area contributed by atoms with E-state index in [2.05, 4.69) is 123 Å². The van der Waals surface area contributed by atoms with Crippen LogP contribution in [0, 0.1) is 0 Å². The summed E-state index contributed by atoms with van der Waals surface area (Å²) in [5.74, 6) is -0.825. The van der Waals surface area contributed by atoms with E-state index in [9.17, 15) is 19.0 Å². The number of hydrogen-bond acceptors (Lipinski definition) is 8. The first-order valence-electron chi connectivity index (χ1n) is 39.1. The van der Waals surface area contributed by atoms with Crippen molar-refractivity contribution in [2.45, 2.75) is 360 Å². The Labute approximate surface area is 576 Å². The summed E-state index contributed by atoms with van der Waals surface area (Å²) in [6.45, 7) is 4.17. The predicted molar refractivity (Wildman–Crippen MR) is 402 cm³/mol. The second-order valence-electron chi connectivity index (χ2n) is 27.4. The molecule has 2 unspecified atom stereocenters. The zero-order valence-corrected chi connectivity index (χ0v) is 62.3. The van der Waals surface area contributed by atoms with Gasteiger partial charge in [0.1, 0.15) is 19.8 Å². The van der Waals surface area contributed by atoms with Crippen molar-refractivity contribution in [2.75, 3.05) is 47.5 Å². The summed E-state index contributed by atoms with van der Waals surface area (Å²) in [6.07, 6.45) is 103. The first-order valence-corrected chi connectivity index (χ1v) is 40.6. The molecule has 93 heavy (non-hydrogen) atoms. The smallest absolute Gasteiger partial charge is 0.306 e. The van der Waals surface area contributed by atoms with Gasteiger partial charge in [0.05, 0.1) is 27.7 Å². The molecule has 0 aromatic carbocycles. The van der Waals surface area contributed by atoms with Crippen LogP contribution in [-0.4, -0.2) is 70.0 Å². The summed E-state index contributed by atoms with van der Waals surface area (Å²) in [5.41, 5.74) is 0. The first-order chi connectivity index (χ1) is 45.5. The molecule has 0 saturated heterocycles. The van der Waals surface area contributed by atoms with Crippen LogP contribution in [-0.2, 0) is 32.7 Å². The number of ether oxygens (including phenoxy) is 2. The summed E-state index contributed by atoms with van der Waals surface area (Å²) in [5, 5.41) is 0. The van der Waals surface area contributed by atoms with Crippen LogP contribution in [0.4, 0.5) is 0 Å². The van der Waals surface area contributed by atoms with Gasteiger partial charge in [0.15, 0.2) is 6.10 Å². The molecule has 0 heterocycles. The molecule has 0 spiro atoms. The molecule has 0 aromatic heterocycles. The highest BCUT2D eigenvalue weighted by Gasteiger charge is 2.22. The van der Waals surface area contributed by atoms with Gasteiger partial charge in [-0.1, -0.05) is 367 Å². The third-order valence-electron chi connectivity index (χ3n) is 17.1. The number of rotatable bonds is 72. The summed E-state index contributed by atoms with van der Waals surface area (Å²) in [6, 6.07) is 0. The fourth-order valence-corrected chi connectivity index (χ4v) is 11.9. The molecule has 0 rings (SSSR count). The second-order valence-corrected chi connectivity index (χ2v) is 28.8. The van der Waals surface area contributed by atoms with Crippen molar-refractivity contribution < 1.29 is 42.1 Å². The number of allylic oxidation sites excluding steroid dienone is 18. The standard InChI is InChI=1S/C83H148NO8P/c1-6-8-10-12-14-16-18-20-22-24-26-28-30-32-34-36-38-39-40-41-42-43-44-45-46-48-50-52-54-56-58-60-62-64-66-68-70-72-74-76-83(86)92-81(80-91-93(87,88)90-78-77-84(3,4)5)79-89-82(85)75-73-71-69-67-65-63-61-59-57-55-53-51-49-47-37-35-33-31-29-27-25-23-21-19-17-15-13-11-9-7-2/h8,10,14,16,20,22,26,28,32,34,38-39,41-42,44-45,48,50,81H,6-7,9,11-13,15,17-19,21,23-25,27,29-31,33,35-37,40,43,46-47,49,51-80H2,1-5H3/b10-8-,16-14-,22-20-,28-26-,34-32-,39-38-,42-41-,45-44-,50-48-. The first kappa shape index (κ1) is 89.7. The number of unbranched alkanes of at least 4 members (excludes halogenated alkanes) is 40. The highest BCUT2D eigenvalue weighted by molar-refractivity contribution is 7.45. The minimum Gasteiger partial charge on any atom is -0.756 e. The zero-order chi connectivity index (χ0) is 67.6. The van der Waals surface area contributed by atoms with E-state index < -0.39 is 26.5 Å². The molecular formula is C83H148NO8P. The van der Waals surface area contributed by atoms with Gasteiger partial charge in [-0.25, -0.2) is 0 Å². The van der Waals surface area contributed by atoms with Crippen LogP contribution in [0.1, 0.15) is 354 Å². The number of nitrogens with zero attached hydrogens (tertiary/aromatic N) is 1. The van der Waals surface area contributed by atoms with E-state index in [1.807, 2.05) is 21.1 Å². The van der Waals surface area contributed by atoms with Crippen molar-refractivity contribution in [3.63, 3.8) is 0 Å². The van der Waals surface area contributed by atoms with Crippen LogP contribution in [0.3, 0.4) is 0 Å². The Morgan fingerprint density at radius 1 is 0.344 bits per heavy atom. The van der Waals surface area contributed by atoms with E-state index in [0.717, 1.165) is 103 Å². The predicted octanol–water partition coefficient (Wildman–Crippen LogP) is 25.4. The summed E-state index contributed by atoms with van der Waals surface area (Å²) < 4.78 is 34.4. The number of phosphoric ester groups is 1. The molecule has 2 atom stereocenters. The van der Waals surface area contributed by atoms with Gasteiger partial charge in [0.2, 0.25) is 0 Å². The van der Waals surface area contributed by atoms with E-state index in [-0.39, 0.29) is 32.0 Å². The van der Waals surface area contributed by atoms with Crippen molar-refractivity contribution in [3.8, 4) is 0 Å². The van der Waals surface area contributed by atoms with Gasteiger partial charge in [0.25, 0.3) is 7.82 Å². The van der Waals surface area contributed by atoms with Crippen molar-refractivity contribution in [1.29, 1.82) is 0 Å². The van der Waals surface area contributed by atoms with Crippen molar-refractivity contribution in [1.82, 2.24) is 0 Å². The Bertz CT molecular complexity index is 1940. The number of phosphoric acid groups is 1. The van der Waals surface area contributed by atoms with Gasteiger partial charge in [-0.2, -0.15) is 0 Å². The Morgan fingerprint density at radius 2 is 0.613 bits per heavy atom. The molecule has 0 amide bonds. The lowest BCUT2D eigenvalue weighted by Crippen LogP contribution is -2.37. The van der Waals surface area contributed by atoms with Gasteiger partial charge in [-0.3, -0.25) is 14.2 Å². The maximum Gasteiger partial charge on any atom is 0.306 e. The Balaban J connectivity index is 4.01. The molecule has 0 N–H and O–H groups in total. The topological polar surface area (TPSA) is 111 Å². The second kappa shape index (κ2) is 72.9. The van der Waals surface area contributed by atoms with Crippen LogP contribution in [0.2, 0.25) is 0 Å². The van der Waals surface area contributed by atoms with Crippen molar-refractivity contribution in [2.24, 2.45) is 0 Å². The summed E-state index contributed by atoms with van der Waals surface area (Å²) in [4.78, 5) is 38.2. The van der Waals surface area contributed by atoms with Gasteiger partial charge in [-0.05, 0) is 83.5 Å². The quantitative estimate of drug-likeness (QED) is 0.0195. The summed E-state index contributed by atoms with van der Waals surface area (Å²) in [7, 11) is 1.17. The lowest BCUT2D eigenvalue weighted by Gasteiger charge is -2.28. The van der Waals surface area contributed by atoms with E-state index in [0.29, 0.717) is 17.4 Å². The highest BCUT2D eigenvalue weighted by Crippen LogP contribution is 2.38. The maximum absolute atomic E-state index is 12.9. The highest BCUT2D eigenvalue weighted by atomic mass is 31.2. The minimum atomic E-state index is -4.65. The Morgan fingerprint density at radius 3 is 0.914 bits per heavy atom. The number of likely N-dealkylation sites (N-methyl/N-ethyl adjacent to an activating group) is 1. The van der Waals surface area contributed by atoms with Crippen LogP contribution < -0.4 is 4.89 Å². The largest absolute Gasteiger partial charge is 0.756 e. The minimum absolute atomic E-state index is 0.0335. The number of carbonyl (C=O) groups excluding carboxylic acids is 2.